The second-order valence-corrected chi connectivity index (χ2v) is 14.7. The summed E-state index contributed by atoms with van der Waals surface area (Å²) in [4.78, 5) is 57.1. The van der Waals surface area contributed by atoms with Crippen LogP contribution in [0.25, 0.3) is 0 Å². The molecule has 1 aromatic heterocycles. The predicted molar refractivity (Wildman–Crippen MR) is 182 cm³/mol. The fourth-order valence-electron chi connectivity index (χ4n) is 8.07. The molecule has 4 amide bonds. The number of phenolic OH excluding ortho intramolecular Hbond substituents is 1. The minimum Gasteiger partial charge on any atom is -0.507 e. The number of nitrogens with zero attached hydrogens (tertiary/aromatic N) is 4. The third-order valence-electron chi connectivity index (χ3n) is 10.4. The van der Waals surface area contributed by atoms with Gasteiger partial charge in [-0.15, -0.1) is 23.2 Å². The van der Waals surface area contributed by atoms with Gasteiger partial charge in [-0.3, -0.25) is 24.2 Å². The van der Waals surface area contributed by atoms with E-state index in [1.165, 1.54) is 38.5 Å². The molecule has 1 N–H and O–H groups in total. The van der Waals surface area contributed by atoms with Gasteiger partial charge in [0.15, 0.2) is 15.6 Å². The van der Waals surface area contributed by atoms with Gasteiger partial charge in [0, 0.05) is 30.7 Å². The van der Waals surface area contributed by atoms with E-state index < -0.39 is 92.7 Å². The maximum atomic E-state index is 14.6. The number of fused-ring (bicyclic) bond motifs is 4. The number of allylic oxidation sites excluding steroid dienone is 2. The molecule has 3 fully saturated rings. The predicted octanol–water partition coefficient (Wildman–Crippen LogP) is 6.23. The minimum atomic E-state index is -4.87. The highest BCUT2D eigenvalue weighted by atomic mass is 35.5. The zero-order valence-electron chi connectivity index (χ0n) is 27.8. The van der Waals surface area contributed by atoms with Crippen LogP contribution in [0.15, 0.2) is 60.2 Å². The fourth-order valence-corrected chi connectivity index (χ4v) is 9.22. The number of aromatic hydroxyl groups is 1. The lowest BCUT2D eigenvalue weighted by Crippen LogP contribution is -2.60. The van der Waals surface area contributed by atoms with Gasteiger partial charge in [-0.05, 0) is 55.2 Å². The van der Waals surface area contributed by atoms with Crippen LogP contribution in [0.3, 0.4) is 0 Å². The molecule has 4 aliphatic rings. The lowest BCUT2D eigenvalue weighted by Gasteiger charge is -2.50. The summed E-state index contributed by atoms with van der Waals surface area (Å²) >= 11 is 21.0. The average Bonchev–Trinajstić information content (AvgIpc) is 3.45. The van der Waals surface area contributed by atoms with E-state index in [2.05, 4.69) is 4.98 Å². The number of amides is 4. The van der Waals surface area contributed by atoms with Crippen molar-refractivity contribution < 1.29 is 51.3 Å². The fraction of sp³-hybridized carbons (Fsp3) is 0.343. The van der Waals surface area contributed by atoms with Crippen LogP contribution in [0.2, 0.25) is 5.02 Å². The molecule has 7 rings (SSSR count). The van der Waals surface area contributed by atoms with Crippen molar-refractivity contribution in [2.75, 3.05) is 31.2 Å². The molecule has 11 nitrogen and oxygen atoms in total. The number of hydrogen-bond donors (Lipinski definition) is 1. The lowest BCUT2D eigenvalue weighted by atomic mass is 9.56. The summed E-state index contributed by atoms with van der Waals surface area (Å²) in [6, 6.07) is 8.67. The van der Waals surface area contributed by atoms with E-state index in [4.69, 9.17) is 44.3 Å². The molecule has 3 aromatic rings. The molecular formula is C35H27Cl3F4N4O7. The number of pyridine rings is 1. The van der Waals surface area contributed by atoms with Gasteiger partial charge in [0.1, 0.15) is 28.8 Å². The van der Waals surface area contributed by atoms with Crippen molar-refractivity contribution in [1.82, 2.24) is 9.99 Å². The van der Waals surface area contributed by atoms with E-state index in [0.717, 1.165) is 35.2 Å². The largest absolute Gasteiger partial charge is 0.507 e. The summed E-state index contributed by atoms with van der Waals surface area (Å²) in [7, 11) is 3.78. The van der Waals surface area contributed by atoms with Crippen molar-refractivity contribution in [3.05, 3.63) is 82.3 Å². The van der Waals surface area contributed by atoms with Crippen LogP contribution in [0.5, 0.6) is 17.2 Å². The van der Waals surface area contributed by atoms with Crippen molar-refractivity contribution in [1.29, 1.82) is 0 Å². The van der Waals surface area contributed by atoms with E-state index >= 15 is 0 Å². The molecule has 6 atom stereocenters. The molecule has 3 heterocycles. The number of methoxy groups -OCH3 is 2. The van der Waals surface area contributed by atoms with Crippen LogP contribution in [0, 0.1) is 23.6 Å². The minimum absolute atomic E-state index is 0.0181. The first-order valence-electron chi connectivity index (χ1n) is 15.9. The summed E-state index contributed by atoms with van der Waals surface area (Å²) < 4.78 is 65.7. The summed E-state index contributed by atoms with van der Waals surface area (Å²) in [5.74, 6) is -10.1. The standard InChI is InChI=1S/C35H27Cl3F4N4O7/c1-44(28-21(36)10-11-24(43-28)35(40,41)42)46-29(48)19-9-8-18-20(25(19)30(46)49)14-33(37)31(50)45(16-6-4-15(39)5-7-16)32(51)34(33,38)27(18)26-22(47)12-17(52-2)13-23(26)53-3/h4-8,10-13,19-20,25,27,47H,9,14H2,1-3H3. The number of hydrogen-bond acceptors (Lipinski definition) is 9. The Kier molecular flexibility index (Phi) is 8.66. The lowest BCUT2D eigenvalue weighted by molar-refractivity contribution is -0.141. The van der Waals surface area contributed by atoms with Gasteiger partial charge in [-0.1, -0.05) is 23.3 Å². The highest BCUT2D eigenvalue weighted by molar-refractivity contribution is 6.58. The van der Waals surface area contributed by atoms with Crippen molar-refractivity contribution in [2.45, 2.75) is 34.7 Å². The van der Waals surface area contributed by atoms with Crippen molar-refractivity contribution >= 4 is 69.9 Å². The van der Waals surface area contributed by atoms with Gasteiger partial charge in [-0.2, -0.15) is 18.2 Å². The molecule has 2 saturated heterocycles. The molecule has 0 spiro atoms. The number of phenols is 1. The maximum Gasteiger partial charge on any atom is 0.433 e. The Morgan fingerprint density at radius 2 is 1.64 bits per heavy atom. The van der Waals surface area contributed by atoms with Crippen LogP contribution < -0.4 is 19.4 Å². The number of ether oxygens (including phenoxy) is 2. The van der Waals surface area contributed by atoms with E-state index in [1.807, 2.05) is 0 Å². The van der Waals surface area contributed by atoms with Gasteiger partial charge >= 0.3 is 6.18 Å². The molecule has 0 bridgehead atoms. The van der Waals surface area contributed by atoms with Crippen molar-refractivity contribution in [3.8, 4) is 17.2 Å². The highest BCUT2D eigenvalue weighted by Gasteiger charge is 2.77. The number of benzene rings is 2. The smallest absolute Gasteiger partial charge is 0.433 e. The molecule has 1 saturated carbocycles. The molecule has 0 radical (unpaired) electrons. The van der Waals surface area contributed by atoms with Crippen molar-refractivity contribution in [3.63, 3.8) is 0 Å². The zero-order chi connectivity index (χ0) is 38.5. The Bertz CT molecular complexity index is 2140. The average molecular weight is 798 g/mol. The van der Waals surface area contributed by atoms with Crippen LogP contribution >= 0.6 is 34.8 Å². The molecule has 2 aliphatic carbocycles. The third kappa shape index (κ3) is 5.18. The number of alkyl halides is 5. The van der Waals surface area contributed by atoms with Gasteiger partial charge in [0.25, 0.3) is 23.6 Å². The SMILES string of the molecule is COc1cc(O)c(C2C3=CCC4C(=O)N(N(C)c5nc(C(F)(F)F)ccc5Cl)C(=O)C4C3CC3(Cl)C(=O)N(c4ccc(F)cc4)C(=O)C23Cl)c(OC)c1. The maximum absolute atomic E-state index is 14.6. The number of aromatic nitrogens is 1. The van der Waals surface area contributed by atoms with Gasteiger partial charge in [0.2, 0.25) is 0 Å². The Morgan fingerprint density at radius 1 is 0.962 bits per heavy atom. The Hall–Kier alpha value is -4.60. The van der Waals surface area contributed by atoms with Crippen LogP contribution in [-0.2, 0) is 25.4 Å². The first-order chi connectivity index (χ1) is 24.9. The number of anilines is 2. The number of rotatable bonds is 6. The molecular weight excluding hydrogens is 771 g/mol. The highest BCUT2D eigenvalue weighted by Crippen LogP contribution is 2.67. The molecule has 53 heavy (non-hydrogen) atoms. The topological polar surface area (TPSA) is 130 Å². The molecule has 2 aliphatic heterocycles. The van der Waals surface area contributed by atoms with Crippen LogP contribution in [-0.4, -0.2) is 69.7 Å². The van der Waals surface area contributed by atoms with Gasteiger partial charge < -0.3 is 14.6 Å². The molecule has 18 heteroatoms. The monoisotopic (exact) mass is 796 g/mol. The summed E-state index contributed by atoms with van der Waals surface area (Å²) in [5, 5.41) is 12.7. The quantitative estimate of drug-likeness (QED) is 0.134. The van der Waals surface area contributed by atoms with E-state index in [1.54, 1.807) is 6.08 Å². The Morgan fingerprint density at radius 3 is 2.26 bits per heavy atom. The van der Waals surface area contributed by atoms with Crippen LogP contribution in [0.4, 0.5) is 29.1 Å². The van der Waals surface area contributed by atoms with Crippen LogP contribution in [0.1, 0.15) is 30.0 Å². The first kappa shape index (κ1) is 36.7. The van der Waals surface area contributed by atoms with E-state index in [0.29, 0.717) is 11.1 Å². The normalized spacial score (nSPS) is 28.1. The van der Waals surface area contributed by atoms with E-state index in [-0.39, 0.29) is 39.8 Å². The summed E-state index contributed by atoms with van der Waals surface area (Å²) in [6.07, 6.45) is -3.87. The second kappa shape index (κ2) is 12.5. The van der Waals surface area contributed by atoms with Gasteiger partial charge in [0.05, 0.1) is 36.8 Å². The number of hydrazine groups is 1. The number of carbonyl (C=O) groups is 4. The Balaban J connectivity index is 1.39. The third-order valence-corrected chi connectivity index (χ3v) is 12.1. The second-order valence-electron chi connectivity index (χ2n) is 13.0. The van der Waals surface area contributed by atoms with E-state index in [9.17, 15) is 41.8 Å². The summed E-state index contributed by atoms with van der Waals surface area (Å²) in [6.45, 7) is 0. The number of carbonyl (C=O) groups excluding carboxylic acids is 4. The molecule has 2 aromatic carbocycles. The summed E-state index contributed by atoms with van der Waals surface area (Å²) in [5.41, 5.74) is -1.17. The Labute approximate surface area is 313 Å². The number of halogens is 7. The number of imide groups is 2. The molecule has 6 unspecified atom stereocenters. The zero-order valence-corrected chi connectivity index (χ0v) is 30.0. The first-order valence-corrected chi connectivity index (χ1v) is 17.1. The molecule has 278 valence electrons. The van der Waals surface area contributed by atoms with Crippen molar-refractivity contribution in [2.24, 2.45) is 17.8 Å². The van der Waals surface area contributed by atoms with Gasteiger partial charge in [-0.25, -0.2) is 14.3 Å².